The van der Waals surface area contributed by atoms with Crippen molar-refractivity contribution in [2.45, 2.75) is 26.7 Å². The Morgan fingerprint density at radius 1 is 0.532 bits per heavy atom. The molecule has 256 valence electrons. The van der Waals surface area contributed by atoms with Gasteiger partial charge in [-0.15, -0.1) is 0 Å². The Bertz CT molecular complexity index is 1300. The van der Waals surface area contributed by atoms with Crippen LogP contribution in [0.5, 0.6) is 0 Å². The molecule has 0 unspecified atom stereocenters. The van der Waals surface area contributed by atoms with Crippen LogP contribution in [0.25, 0.3) is 0 Å². The Kier molecular flexibility index (Phi) is 18.2. The molecule has 2 amide bonds. The van der Waals surface area contributed by atoms with Crippen molar-refractivity contribution in [3.8, 4) is 0 Å². The molecule has 3 rings (SSSR count). The summed E-state index contributed by atoms with van der Waals surface area (Å²) in [5.74, 6) is 0.884. The summed E-state index contributed by atoms with van der Waals surface area (Å²) in [4.78, 5) is 37.9. The van der Waals surface area contributed by atoms with E-state index in [0.29, 0.717) is 101 Å². The molecule has 0 saturated carbocycles. The van der Waals surface area contributed by atoms with Gasteiger partial charge >= 0.3 is 0 Å². The predicted molar refractivity (Wildman–Crippen MR) is 181 cm³/mol. The molecular weight excluding hydrogens is 604 g/mol. The molecule has 0 bridgehead atoms. The number of hydrogen-bond donors (Lipinski definition) is 5. The average Bonchev–Trinajstić information content (AvgIpc) is 3.09. The van der Waals surface area contributed by atoms with Gasteiger partial charge in [-0.25, -0.2) is 0 Å². The maximum absolute atomic E-state index is 12.5. The molecule has 0 aliphatic heterocycles. The Hall–Kier alpha value is -4.37. The molecule has 0 saturated heterocycles. The van der Waals surface area contributed by atoms with E-state index in [2.05, 4.69) is 55.4 Å². The second-order valence-electron chi connectivity index (χ2n) is 10.2. The molecule has 0 radical (unpaired) electrons. The summed E-state index contributed by atoms with van der Waals surface area (Å²) in [5, 5.41) is 15.2. The molecule has 0 aliphatic carbocycles. The van der Waals surface area contributed by atoms with Crippen LogP contribution in [0.2, 0.25) is 0 Å². The molecule has 0 spiro atoms. The number of ether oxygens (including phenoxy) is 4. The molecule has 14 heteroatoms. The number of carbonyl (C=O) groups excluding carboxylic acids is 2. The second-order valence-corrected chi connectivity index (χ2v) is 10.2. The van der Waals surface area contributed by atoms with Gasteiger partial charge in [0.25, 0.3) is 11.8 Å². The van der Waals surface area contributed by atoms with Crippen LogP contribution in [0.3, 0.4) is 0 Å². The van der Waals surface area contributed by atoms with E-state index in [0.717, 1.165) is 25.1 Å². The monoisotopic (exact) mass is 652 g/mol. The molecule has 0 fully saturated rings. The van der Waals surface area contributed by atoms with Gasteiger partial charge < -0.3 is 45.5 Å². The van der Waals surface area contributed by atoms with Crippen molar-refractivity contribution in [2.24, 2.45) is 0 Å². The summed E-state index contributed by atoms with van der Waals surface area (Å²) in [5.41, 5.74) is 1.87. The van der Waals surface area contributed by atoms with Crippen LogP contribution in [-0.4, -0.2) is 106 Å². The summed E-state index contributed by atoms with van der Waals surface area (Å²) < 4.78 is 22.0. The minimum Gasteiger partial charge on any atom is -0.379 e. The van der Waals surface area contributed by atoms with E-state index in [9.17, 15) is 9.59 Å². The summed E-state index contributed by atoms with van der Waals surface area (Å²) in [7, 11) is 0. The number of carbonyl (C=O) groups is 2. The van der Waals surface area contributed by atoms with Crippen molar-refractivity contribution in [3.63, 3.8) is 0 Å². The zero-order valence-corrected chi connectivity index (χ0v) is 27.4. The Morgan fingerprint density at radius 3 is 1.57 bits per heavy atom. The van der Waals surface area contributed by atoms with Gasteiger partial charge in [0.15, 0.2) is 0 Å². The quantitative estimate of drug-likeness (QED) is 0.0846. The van der Waals surface area contributed by atoms with Crippen LogP contribution in [-0.2, 0) is 18.9 Å². The lowest BCUT2D eigenvalue weighted by Crippen LogP contribution is -2.27. The van der Waals surface area contributed by atoms with Crippen LogP contribution in [0, 0.1) is 0 Å². The normalized spacial score (nSPS) is 10.8. The second kappa shape index (κ2) is 23.0. The minimum absolute atomic E-state index is 0.124. The van der Waals surface area contributed by atoms with Crippen LogP contribution < -0.4 is 26.6 Å². The van der Waals surface area contributed by atoms with Gasteiger partial charge in [0.2, 0.25) is 17.8 Å². The van der Waals surface area contributed by atoms with E-state index in [1.807, 2.05) is 18.2 Å². The van der Waals surface area contributed by atoms with Crippen LogP contribution in [0.1, 0.15) is 47.4 Å². The maximum Gasteiger partial charge on any atom is 0.251 e. The summed E-state index contributed by atoms with van der Waals surface area (Å²) in [6.07, 6.45) is 1.89. The number of nitrogens with one attached hydrogen (secondary N) is 5. The molecule has 1 aromatic heterocycles. The van der Waals surface area contributed by atoms with Gasteiger partial charge in [-0.2, -0.15) is 15.0 Å². The number of aromatic nitrogens is 3. The smallest absolute Gasteiger partial charge is 0.251 e. The van der Waals surface area contributed by atoms with Gasteiger partial charge in [0.1, 0.15) is 0 Å². The average molecular weight is 653 g/mol. The Labute approximate surface area is 276 Å². The highest BCUT2D eigenvalue weighted by Crippen LogP contribution is 2.17. The number of anilines is 4. The number of hydrogen-bond acceptors (Lipinski definition) is 12. The minimum atomic E-state index is -0.179. The Balaban J connectivity index is 1.35. The number of amides is 2. The number of rotatable bonds is 25. The summed E-state index contributed by atoms with van der Waals surface area (Å²) in [6.45, 7) is 9.99. The standard InChI is InChI=1S/C33H48N8O6/c1-3-14-36-31-39-32(37-17-21-47-25-24-46-19-15-34-29(42)26-8-6-5-7-9-26)41-33(40-31)38-28-12-10-27(11-13-28)30(43)35-16-20-45-23-22-44-18-4-2/h5-13H,3-4,14-25H2,1-2H3,(H,34,42)(H,35,43)(H3,36,37,38,39,40,41). The molecule has 47 heavy (non-hydrogen) atoms. The van der Waals surface area contributed by atoms with Crippen LogP contribution >= 0.6 is 0 Å². The van der Waals surface area contributed by atoms with Gasteiger partial charge in [-0.3, -0.25) is 9.59 Å². The molecule has 5 N–H and O–H groups in total. The lowest BCUT2D eigenvalue weighted by Gasteiger charge is -2.12. The van der Waals surface area contributed by atoms with Crippen molar-refractivity contribution in [1.82, 2.24) is 25.6 Å². The van der Waals surface area contributed by atoms with E-state index >= 15 is 0 Å². The highest BCUT2D eigenvalue weighted by molar-refractivity contribution is 5.94. The van der Waals surface area contributed by atoms with Gasteiger partial charge in [-0.05, 0) is 49.2 Å². The first-order valence-electron chi connectivity index (χ1n) is 16.1. The van der Waals surface area contributed by atoms with Crippen molar-refractivity contribution in [2.75, 3.05) is 95.0 Å². The zero-order valence-electron chi connectivity index (χ0n) is 27.4. The van der Waals surface area contributed by atoms with E-state index in [1.165, 1.54) is 0 Å². The first-order chi connectivity index (χ1) is 23.1. The molecule has 0 atom stereocenters. The first-order valence-corrected chi connectivity index (χ1v) is 16.1. The highest BCUT2D eigenvalue weighted by Gasteiger charge is 2.09. The summed E-state index contributed by atoms with van der Waals surface area (Å²) >= 11 is 0. The number of benzene rings is 2. The third-order valence-corrected chi connectivity index (χ3v) is 6.29. The molecule has 2 aromatic carbocycles. The maximum atomic E-state index is 12.5. The van der Waals surface area contributed by atoms with Crippen LogP contribution in [0.15, 0.2) is 54.6 Å². The first kappa shape index (κ1) is 37.1. The Morgan fingerprint density at radius 2 is 1.02 bits per heavy atom. The fraction of sp³-hybridized carbons (Fsp3) is 0.485. The lowest BCUT2D eigenvalue weighted by atomic mass is 10.2. The van der Waals surface area contributed by atoms with Crippen molar-refractivity contribution < 1.29 is 28.5 Å². The molecular formula is C33H48N8O6. The van der Waals surface area contributed by atoms with E-state index < -0.39 is 0 Å². The van der Waals surface area contributed by atoms with Crippen molar-refractivity contribution in [1.29, 1.82) is 0 Å². The zero-order chi connectivity index (χ0) is 33.4. The fourth-order valence-electron chi connectivity index (χ4n) is 3.95. The van der Waals surface area contributed by atoms with Gasteiger partial charge in [-0.1, -0.05) is 32.0 Å². The van der Waals surface area contributed by atoms with Gasteiger partial charge in [0, 0.05) is 49.6 Å². The lowest BCUT2D eigenvalue weighted by molar-refractivity contribution is 0.0485. The predicted octanol–water partition coefficient (Wildman–Crippen LogP) is 3.49. The van der Waals surface area contributed by atoms with Crippen LogP contribution in [0.4, 0.5) is 23.5 Å². The van der Waals surface area contributed by atoms with E-state index in [4.69, 9.17) is 18.9 Å². The molecule has 14 nitrogen and oxygen atoms in total. The third-order valence-electron chi connectivity index (χ3n) is 6.29. The van der Waals surface area contributed by atoms with Crippen molar-refractivity contribution in [3.05, 3.63) is 65.7 Å². The number of nitrogens with zero attached hydrogens (tertiary/aromatic N) is 3. The molecule has 3 aromatic rings. The van der Waals surface area contributed by atoms with Crippen molar-refractivity contribution >= 4 is 35.3 Å². The fourth-order valence-corrected chi connectivity index (χ4v) is 3.95. The highest BCUT2D eigenvalue weighted by atomic mass is 16.5. The summed E-state index contributed by atoms with van der Waals surface area (Å²) in [6, 6.07) is 16.1. The topological polar surface area (TPSA) is 170 Å². The van der Waals surface area contributed by atoms with E-state index in [1.54, 1.807) is 36.4 Å². The van der Waals surface area contributed by atoms with E-state index in [-0.39, 0.29) is 11.8 Å². The SMILES string of the molecule is CCCNc1nc(NCCOCCOCCNC(=O)c2ccccc2)nc(Nc2ccc(C(=O)NCCOCCOCCC)cc2)n1. The molecule has 0 aliphatic rings. The van der Waals surface area contributed by atoms with Gasteiger partial charge in [0.05, 0.1) is 46.2 Å². The molecule has 1 heterocycles. The third kappa shape index (κ3) is 15.7. The largest absolute Gasteiger partial charge is 0.379 e.